The van der Waals surface area contributed by atoms with Crippen molar-refractivity contribution >= 4 is 11.9 Å². The molecule has 0 bridgehead atoms. The zero-order valence-corrected chi connectivity index (χ0v) is 14.2. The lowest BCUT2D eigenvalue weighted by molar-refractivity contribution is -0.164. The van der Waals surface area contributed by atoms with E-state index in [1.165, 1.54) is 5.56 Å². The number of carbonyl (C=O) groups excluding carboxylic acids is 2. The molecule has 0 spiro atoms. The first kappa shape index (κ1) is 19.2. The smallest absolute Gasteiger partial charge is 0.320 e. The molecule has 0 saturated heterocycles. The number of hydrogen-bond acceptors (Lipinski definition) is 5. The molecule has 1 aromatic rings. The van der Waals surface area contributed by atoms with Gasteiger partial charge in [-0.1, -0.05) is 37.3 Å². The van der Waals surface area contributed by atoms with Crippen molar-refractivity contribution in [2.24, 2.45) is 11.8 Å². The second kappa shape index (κ2) is 10.8. The summed E-state index contributed by atoms with van der Waals surface area (Å²) < 4.78 is 10.0. The van der Waals surface area contributed by atoms with Crippen LogP contribution in [0, 0.1) is 11.8 Å². The average molecular weight is 321 g/mol. The molecule has 1 rings (SSSR count). The molecular formula is C18H27NO4. The van der Waals surface area contributed by atoms with Crippen molar-refractivity contribution < 1.29 is 19.1 Å². The fraction of sp³-hybridized carbons (Fsp3) is 0.556. The Morgan fingerprint density at radius 3 is 2.13 bits per heavy atom. The first-order valence-electron chi connectivity index (χ1n) is 8.18. The SMILES string of the molecule is CCOC(=O)C(C(=O)OCC)[C@@H](C)CCNCc1ccccc1. The molecule has 1 atom stereocenters. The van der Waals surface area contributed by atoms with Crippen LogP contribution < -0.4 is 5.32 Å². The monoisotopic (exact) mass is 321 g/mol. The van der Waals surface area contributed by atoms with E-state index < -0.39 is 17.9 Å². The second-order valence-corrected chi connectivity index (χ2v) is 5.41. The summed E-state index contributed by atoms with van der Waals surface area (Å²) in [6, 6.07) is 10.1. The Hall–Kier alpha value is -1.88. The maximum Gasteiger partial charge on any atom is 0.320 e. The average Bonchev–Trinajstić information content (AvgIpc) is 2.53. The number of hydrogen-bond donors (Lipinski definition) is 1. The normalized spacial score (nSPS) is 12.0. The molecule has 128 valence electrons. The molecule has 0 aliphatic rings. The van der Waals surface area contributed by atoms with Crippen LogP contribution in [0.4, 0.5) is 0 Å². The summed E-state index contributed by atoms with van der Waals surface area (Å²) in [6.45, 7) is 7.32. The zero-order valence-electron chi connectivity index (χ0n) is 14.2. The molecule has 0 aliphatic carbocycles. The Morgan fingerprint density at radius 2 is 1.61 bits per heavy atom. The van der Waals surface area contributed by atoms with Gasteiger partial charge in [-0.25, -0.2) is 0 Å². The molecule has 1 N–H and O–H groups in total. The number of esters is 2. The van der Waals surface area contributed by atoms with Crippen molar-refractivity contribution in [2.75, 3.05) is 19.8 Å². The molecule has 0 amide bonds. The Morgan fingerprint density at radius 1 is 1.04 bits per heavy atom. The van der Waals surface area contributed by atoms with Gasteiger partial charge in [0, 0.05) is 6.54 Å². The van der Waals surface area contributed by atoms with Crippen molar-refractivity contribution in [2.45, 2.75) is 33.7 Å². The van der Waals surface area contributed by atoms with Gasteiger partial charge in [0.15, 0.2) is 5.92 Å². The van der Waals surface area contributed by atoms with Crippen LogP contribution in [0.3, 0.4) is 0 Å². The van der Waals surface area contributed by atoms with Crippen LogP contribution in [0.2, 0.25) is 0 Å². The summed E-state index contributed by atoms with van der Waals surface area (Å²) in [6.07, 6.45) is 0.690. The van der Waals surface area contributed by atoms with Crippen LogP contribution in [-0.4, -0.2) is 31.7 Å². The fourth-order valence-corrected chi connectivity index (χ4v) is 2.35. The van der Waals surface area contributed by atoms with Gasteiger partial charge in [-0.3, -0.25) is 9.59 Å². The van der Waals surface area contributed by atoms with Crippen LogP contribution in [0.25, 0.3) is 0 Å². The van der Waals surface area contributed by atoms with Crippen molar-refractivity contribution in [3.8, 4) is 0 Å². The quantitative estimate of drug-likeness (QED) is 0.407. The van der Waals surface area contributed by atoms with Gasteiger partial charge >= 0.3 is 11.9 Å². The van der Waals surface area contributed by atoms with Crippen LogP contribution in [0.5, 0.6) is 0 Å². The highest BCUT2D eigenvalue weighted by atomic mass is 16.6. The molecule has 23 heavy (non-hydrogen) atoms. The van der Waals surface area contributed by atoms with E-state index in [0.29, 0.717) is 13.0 Å². The van der Waals surface area contributed by atoms with E-state index in [-0.39, 0.29) is 19.1 Å². The van der Waals surface area contributed by atoms with Gasteiger partial charge in [0.1, 0.15) is 0 Å². The van der Waals surface area contributed by atoms with Gasteiger partial charge in [-0.15, -0.1) is 0 Å². The Balaban J connectivity index is 2.47. The van der Waals surface area contributed by atoms with E-state index in [1.54, 1.807) is 13.8 Å². The van der Waals surface area contributed by atoms with Crippen molar-refractivity contribution in [1.29, 1.82) is 0 Å². The van der Waals surface area contributed by atoms with Gasteiger partial charge < -0.3 is 14.8 Å². The summed E-state index contributed by atoms with van der Waals surface area (Å²) in [5, 5.41) is 3.33. The maximum absolute atomic E-state index is 12.0. The molecule has 0 radical (unpaired) electrons. The zero-order chi connectivity index (χ0) is 17.1. The minimum absolute atomic E-state index is 0.142. The van der Waals surface area contributed by atoms with E-state index in [2.05, 4.69) is 17.4 Å². The van der Waals surface area contributed by atoms with Crippen molar-refractivity contribution in [3.05, 3.63) is 35.9 Å². The molecule has 0 saturated carbocycles. The first-order valence-corrected chi connectivity index (χ1v) is 8.18. The number of nitrogens with one attached hydrogen (secondary N) is 1. The highest BCUT2D eigenvalue weighted by Crippen LogP contribution is 2.19. The van der Waals surface area contributed by atoms with E-state index in [0.717, 1.165) is 6.54 Å². The molecule has 0 unspecified atom stereocenters. The predicted octanol–water partition coefficient (Wildman–Crippen LogP) is 2.54. The first-order chi connectivity index (χ1) is 11.1. The van der Waals surface area contributed by atoms with Gasteiger partial charge in [0.2, 0.25) is 0 Å². The summed E-state index contributed by atoms with van der Waals surface area (Å²) >= 11 is 0. The fourth-order valence-electron chi connectivity index (χ4n) is 2.35. The Kier molecular flexibility index (Phi) is 8.98. The lowest BCUT2D eigenvalue weighted by Crippen LogP contribution is -2.34. The van der Waals surface area contributed by atoms with Crippen LogP contribution in [0.1, 0.15) is 32.8 Å². The third kappa shape index (κ3) is 6.82. The van der Waals surface area contributed by atoms with E-state index in [4.69, 9.17) is 9.47 Å². The number of benzene rings is 1. The van der Waals surface area contributed by atoms with Crippen molar-refractivity contribution in [1.82, 2.24) is 5.32 Å². The third-order valence-corrected chi connectivity index (χ3v) is 3.60. The van der Waals surface area contributed by atoms with E-state index >= 15 is 0 Å². The molecule has 0 aliphatic heterocycles. The van der Waals surface area contributed by atoms with Crippen molar-refractivity contribution in [3.63, 3.8) is 0 Å². The molecule has 0 fully saturated rings. The predicted molar refractivity (Wildman–Crippen MR) is 88.7 cm³/mol. The standard InChI is InChI=1S/C18H27NO4/c1-4-22-17(20)16(18(21)23-5-2)14(3)11-12-19-13-15-9-7-6-8-10-15/h6-10,14,16,19H,4-5,11-13H2,1-3H3/t14-/m0/s1. The van der Waals surface area contributed by atoms with Gasteiger partial charge in [0.05, 0.1) is 13.2 Å². The van der Waals surface area contributed by atoms with Gasteiger partial charge in [0.25, 0.3) is 0 Å². The Labute approximate surface area is 138 Å². The highest BCUT2D eigenvalue weighted by molar-refractivity contribution is 5.95. The number of carbonyl (C=O) groups is 2. The molecule has 1 aromatic carbocycles. The minimum atomic E-state index is -0.853. The molecule has 5 nitrogen and oxygen atoms in total. The third-order valence-electron chi connectivity index (χ3n) is 3.60. The summed E-state index contributed by atoms with van der Waals surface area (Å²) in [5.41, 5.74) is 1.20. The molecule has 0 heterocycles. The van der Waals surface area contributed by atoms with Crippen LogP contribution in [-0.2, 0) is 25.6 Å². The molecule has 0 aromatic heterocycles. The summed E-state index contributed by atoms with van der Waals surface area (Å²) in [7, 11) is 0. The maximum atomic E-state index is 12.0. The van der Waals surface area contributed by atoms with Gasteiger partial charge in [-0.05, 0) is 38.3 Å². The number of ether oxygens (including phenoxy) is 2. The topological polar surface area (TPSA) is 64.6 Å². The largest absolute Gasteiger partial charge is 0.465 e. The van der Waals surface area contributed by atoms with E-state index in [1.807, 2.05) is 25.1 Å². The second-order valence-electron chi connectivity index (χ2n) is 5.41. The highest BCUT2D eigenvalue weighted by Gasteiger charge is 2.34. The Bertz CT molecular complexity index is 457. The van der Waals surface area contributed by atoms with Gasteiger partial charge in [-0.2, -0.15) is 0 Å². The van der Waals surface area contributed by atoms with E-state index in [9.17, 15) is 9.59 Å². The van der Waals surface area contributed by atoms with Crippen LogP contribution >= 0.6 is 0 Å². The van der Waals surface area contributed by atoms with Crippen LogP contribution in [0.15, 0.2) is 30.3 Å². The lowest BCUT2D eigenvalue weighted by atomic mass is 9.91. The lowest BCUT2D eigenvalue weighted by Gasteiger charge is -2.21. The summed E-state index contributed by atoms with van der Waals surface area (Å²) in [5.74, 6) is -1.99. The molecule has 5 heteroatoms. The minimum Gasteiger partial charge on any atom is -0.465 e. The molecular weight excluding hydrogens is 294 g/mol. The number of rotatable bonds is 10. The summed E-state index contributed by atoms with van der Waals surface area (Å²) in [4.78, 5) is 24.0.